The predicted molar refractivity (Wildman–Crippen MR) is 127 cm³/mol. The summed E-state index contributed by atoms with van der Waals surface area (Å²) in [6.07, 6.45) is 3.97. The highest BCUT2D eigenvalue weighted by molar-refractivity contribution is 7.89. The van der Waals surface area contributed by atoms with E-state index in [0.717, 1.165) is 26.7 Å². The zero-order valence-electron chi connectivity index (χ0n) is 19.9. The number of rotatable bonds is 10. The molecule has 1 unspecified atom stereocenters. The number of amides is 1. The summed E-state index contributed by atoms with van der Waals surface area (Å²) in [4.78, 5) is 21.2. The summed E-state index contributed by atoms with van der Waals surface area (Å²) in [5.74, 6) is 0.543. The van der Waals surface area contributed by atoms with Crippen LogP contribution < -0.4 is 0 Å². The number of aromatic nitrogens is 3. The number of ether oxygens (including phenoxy) is 1. The Morgan fingerprint density at radius 2 is 1.88 bits per heavy atom. The quantitative estimate of drug-likeness (QED) is 0.446. The molecular formula is C24H32N4O4S. The molecule has 1 aromatic carbocycles. The number of aryl methyl sites for hydroxylation is 1. The van der Waals surface area contributed by atoms with Crippen LogP contribution in [0.25, 0.3) is 11.0 Å². The molecule has 0 aliphatic heterocycles. The maximum Gasteiger partial charge on any atom is 0.266 e. The average Bonchev–Trinajstić information content (AvgIpc) is 3.06. The Morgan fingerprint density at radius 3 is 2.48 bits per heavy atom. The first-order valence-electron chi connectivity index (χ1n) is 11.1. The summed E-state index contributed by atoms with van der Waals surface area (Å²) in [6.45, 7) is 10.2. The maximum absolute atomic E-state index is 13.4. The first-order valence-corrected chi connectivity index (χ1v) is 12.6. The third-order valence-electron chi connectivity index (χ3n) is 5.46. The average molecular weight is 473 g/mol. The molecule has 0 N–H and O–H groups in total. The monoisotopic (exact) mass is 472 g/mol. The molecule has 178 valence electrons. The zero-order chi connectivity index (χ0) is 24.2. The summed E-state index contributed by atoms with van der Waals surface area (Å²) >= 11 is 0. The Balaban J connectivity index is 1.89. The molecule has 0 radical (unpaired) electrons. The van der Waals surface area contributed by atoms with Crippen LogP contribution in [0.1, 0.15) is 45.5 Å². The molecule has 9 heteroatoms. The molecule has 0 spiro atoms. The van der Waals surface area contributed by atoms with E-state index in [9.17, 15) is 13.2 Å². The van der Waals surface area contributed by atoms with E-state index in [2.05, 4.69) is 14.5 Å². The van der Waals surface area contributed by atoms with Gasteiger partial charge in [0.2, 0.25) is 5.91 Å². The molecule has 0 saturated carbocycles. The second kappa shape index (κ2) is 10.4. The van der Waals surface area contributed by atoms with E-state index in [-0.39, 0.29) is 17.4 Å². The van der Waals surface area contributed by atoms with E-state index in [0.29, 0.717) is 19.6 Å². The van der Waals surface area contributed by atoms with E-state index >= 15 is 0 Å². The summed E-state index contributed by atoms with van der Waals surface area (Å²) in [6, 6.07) is 8.02. The van der Waals surface area contributed by atoms with Gasteiger partial charge in [-0.15, -0.1) is 0 Å². The Hall–Kier alpha value is -2.78. The number of hydrogen-bond donors (Lipinski definition) is 0. The topological polar surface area (TPSA) is 94.4 Å². The van der Waals surface area contributed by atoms with E-state index in [1.165, 1.54) is 6.92 Å². The SMILES string of the molecule is CCOCC(CC(C)C)N(C(C)=O)S(=O)(=O)c1ccc(Cn2c(C)nc3cnccc32)cc1. The molecule has 0 saturated heterocycles. The van der Waals surface area contributed by atoms with Crippen molar-refractivity contribution in [1.29, 1.82) is 0 Å². The molecule has 3 rings (SSSR count). The van der Waals surface area contributed by atoms with Gasteiger partial charge in [0.1, 0.15) is 11.3 Å². The molecule has 0 aliphatic rings. The number of imidazole rings is 1. The molecule has 8 nitrogen and oxygen atoms in total. The Morgan fingerprint density at radius 1 is 1.18 bits per heavy atom. The lowest BCUT2D eigenvalue weighted by atomic mass is 10.0. The standard InChI is InChI=1S/C24H32N4O4S/c1-6-32-16-21(13-17(2)3)28(19(5)29)33(30,31)22-9-7-20(8-10-22)15-27-18(4)26-23-14-25-12-11-24(23)27/h7-12,14,17,21H,6,13,15-16H2,1-5H3. The van der Waals surface area contributed by atoms with Crippen LogP contribution in [0.4, 0.5) is 0 Å². The van der Waals surface area contributed by atoms with Gasteiger partial charge in [0.25, 0.3) is 10.0 Å². The van der Waals surface area contributed by atoms with Gasteiger partial charge < -0.3 is 9.30 Å². The van der Waals surface area contributed by atoms with Crippen molar-refractivity contribution in [2.45, 2.75) is 58.5 Å². The lowest BCUT2D eigenvalue weighted by Gasteiger charge is -2.31. The molecule has 0 aliphatic carbocycles. The van der Waals surface area contributed by atoms with Crippen LogP contribution >= 0.6 is 0 Å². The second-order valence-corrected chi connectivity index (χ2v) is 10.3. The van der Waals surface area contributed by atoms with Gasteiger partial charge >= 0.3 is 0 Å². The van der Waals surface area contributed by atoms with Gasteiger partial charge in [-0.2, -0.15) is 0 Å². The van der Waals surface area contributed by atoms with Crippen LogP contribution in [0.2, 0.25) is 0 Å². The second-order valence-electron chi connectivity index (χ2n) is 8.52. The van der Waals surface area contributed by atoms with Crippen LogP contribution in [-0.2, 0) is 26.1 Å². The largest absolute Gasteiger partial charge is 0.380 e. The number of hydrogen-bond acceptors (Lipinski definition) is 6. The number of sulfonamides is 1. The van der Waals surface area contributed by atoms with Crippen molar-refractivity contribution in [2.75, 3.05) is 13.2 Å². The van der Waals surface area contributed by atoms with E-state index < -0.39 is 22.0 Å². The zero-order valence-corrected chi connectivity index (χ0v) is 20.7. The van der Waals surface area contributed by atoms with Crippen LogP contribution in [0, 0.1) is 12.8 Å². The van der Waals surface area contributed by atoms with Crippen molar-refractivity contribution in [3.63, 3.8) is 0 Å². The molecule has 0 bridgehead atoms. The van der Waals surface area contributed by atoms with Gasteiger partial charge in [-0.1, -0.05) is 26.0 Å². The first kappa shape index (κ1) is 24.9. The first-order chi connectivity index (χ1) is 15.6. The molecule has 33 heavy (non-hydrogen) atoms. The Bertz CT molecular complexity index is 1200. The molecule has 1 atom stereocenters. The lowest BCUT2D eigenvalue weighted by Crippen LogP contribution is -2.46. The fourth-order valence-electron chi connectivity index (χ4n) is 4.02. The molecular weight excluding hydrogens is 440 g/mol. The van der Waals surface area contributed by atoms with Crippen molar-refractivity contribution in [3.8, 4) is 0 Å². The van der Waals surface area contributed by atoms with Crippen LogP contribution in [0.15, 0.2) is 47.6 Å². The number of benzene rings is 1. The number of carbonyl (C=O) groups excluding carboxylic acids is 1. The van der Waals surface area contributed by atoms with E-state index in [1.807, 2.05) is 33.8 Å². The summed E-state index contributed by atoms with van der Waals surface area (Å²) in [5.41, 5.74) is 2.71. The van der Waals surface area contributed by atoms with Gasteiger partial charge in [0.05, 0.1) is 29.3 Å². The number of pyridine rings is 1. The highest BCUT2D eigenvalue weighted by Gasteiger charge is 2.34. The molecule has 1 amide bonds. The number of nitrogens with zero attached hydrogens (tertiary/aromatic N) is 4. The Kier molecular flexibility index (Phi) is 7.86. The molecule has 2 heterocycles. The minimum atomic E-state index is -4.02. The van der Waals surface area contributed by atoms with Crippen LogP contribution in [-0.4, -0.2) is 52.4 Å². The fourth-order valence-corrected chi connectivity index (χ4v) is 5.60. The molecule has 0 fully saturated rings. The van der Waals surface area contributed by atoms with Crippen molar-refractivity contribution in [2.24, 2.45) is 5.92 Å². The molecule has 3 aromatic rings. The van der Waals surface area contributed by atoms with Crippen molar-refractivity contribution < 1.29 is 17.9 Å². The predicted octanol–water partition coefficient (Wildman–Crippen LogP) is 3.78. The van der Waals surface area contributed by atoms with Gasteiger partial charge in [-0.3, -0.25) is 9.78 Å². The summed E-state index contributed by atoms with van der Waals surface area (Å²) < 4.78 is 35.4. The van der Waals surface area contributed by atoms with Gasteiger partial charge in [0.15, 0.2) is 0 Å². The summed E-state index contributed by atoms with van der Waals surface area (Å²) in [7, 11) is -4.02. The maximum atomic E-state index is 13.4. The van der Waals surface area contributed by atoms with Crippen molar-refractivity contribution >= 4 is 27.0 Å². The van der Waals surface area contributed by atoms with E-state index in [4.69, 9.17) is 4.74 Å². The third-order valence-corrected chi connectivity index (χ3v) is 7.40. The lowest BCUT2D eigenvalue weighted by molar-refractivity contribution is -0.126. The van der Waals surface area contributed by atoms with Crippen molar-refractivity contribution in [1.82, 2.24) is 18.8 Å². The van der Waals surface area contributed by atoms with Gasteiger partial charge in [-0.25, -0.2) is 17.7 Å². The normalized spacial score (nSPS) is 12.9. The minimum Gasteiger partial charge on any atom is -0.380 e. The third kappa shape index (κ3) is 5.59. The smallest absolute Gasteiger partial charge is 0.266 e. The summed E-state index contributed by atoms with van der Waals surface area (Å²) in [5, 5.41) is 0. The van der Waals surface area contributed by atoms with E-state index in [1.54, 1.807) is 36.7 Å². The van der Waals surface area contributed by atoms with Crippen LogP contribution in [0.5, 0.6) is 0 Å². The minimum absolute atomic E-state index is 0.0862. The highest BCUT2D eigenvalue weighted by atomic mass is 32.2. The number of fused-ring (bicyclic) bond motifs is 1. The number of carbonyl (C=O) groups is 1. The fraction of sp³-hybridized carbons (Fsp3) is 0.458. The van der Waals surface area contributed by atoms with Gasteiger partial charge in [0, 0.05) is 26.3 Å². The van der Waals surface area contributed by atoms with Gasteiger partial charge in [-0.05, 0) is 49.9 Å². The Labute approximate surface area is 195 Å². The van der Waals surface area contributed by atoms with Crippen molar-refractivity contribution in [3.05, 3.63) is 54.1 Å². The van der Waals surface area contributed by atoms with Crippen LogP contribution in [0.3, 0.4) is 0 Å². The molecule has 2 aromatic heterocycles. The highest BCUT2D eigenvalue weighted by Crippen LogP contribution is 2.24.